The van der Waals surface area contributed by atoms with Crippen LogP contribution in [0, 0.1) is 0 Å². The number of likely N-dealkylation sites (tertiary alicyclic amines) is 1. The number of halogens is 8. The van der Waals surface area contributed by atoms with Crippen molar-refractivity contribution >= 4 is 36.2 Å². The third-order valence-corrected chi connectivity index (χ3v) is 8.92. The molecule has 1 saturated heterocycles. The lowest BCUT2D eigenvalue weighted by Crippen LogP contribution is -2.43. The number of hydrogen-bond donors (Lipinski definition) is 1. The molecule has 3 heterocycles. The number of hydrogen-bond acceptors (Lipinski definition) is 10. The third kappa shape index (κ3) is 12.7. The number of carbonyl (C=O) groups excluding carboxylic acids is 4. The molecule has 0 unspecified atom stereocenters. The summed E-state index contributed by atoms with van der Waals surface area (Å²) in [6.45, 7) is 4.82. The Kier molecular flexibility index (Phi) is 16.3. The molecule has 0 saturated carbocycles. The Hall–Kier alpha value is -5.62. The average molecular weight is 871 g/mol. The molecule has 0 spiro atoms. The van der Waals surface area contributed by atoms with Crippen LogP contribution in [0.15, 0.2) is 73.1 Å². The van der Waals surface area contributed by atoms with Crippen molar-refractivity contribution in [3.05, 3.63) is 106 Å². The van der Waals surface area contributed by atoms with Gasteiger partial charge < -0.3 is 19.9 Å². The Morgan fingerprint density at radius 1 is 0.750 bits per heavy atom. The lowest BCUT2D eigenvalue weighted by Gasteiger charge is -2.27. The van der Waals surface area contributed by atoms with E-state index in [1.807, 2.05) is 0 Å². The summed E-state index contributed by atoms with van der Waals surface area (Å²) in [5.41, 5.74) is 6.04. The van der Waals surface area contributed by atoms with E-state index in [4.69, 9.17) is 15.2 Å². The second-order valence-electron chi connectivity index (χ2n) is 14.2. The second kappa shape index (κ2) is 20.1. The Bertz CT molecular complexity index is 2140. The quantitative estimate of drug-likeness (QED) is 0.0982. The van der Waals surface area contributed by atoms with Gasteiger partial charge in [-0.25, -0.2) is 18.8 Å². The standard InChI is InChI=1S/C26H28F4N2O5.C15H13F3N2O2.ClH/c1-25(2,3)37-24(35)32-14-18(27)12-21(32)22(33)10-7-16-11-20(31-13-19(16)23(34)36-4)15-5-8-17(9-6-15)26(28,29)30;1-22-14(21)12-8-20-13(6-10(12)7-19)9-2-4-11(5-3-9)15(16,17)18;/h5-6,8-9,11,13,18,21H,7,10,12,14H2,1-4H3;2-6,8H,7,19H2,1H3;1H/t18-,21+;;/m1../s1. The van der Waals surface area contributed by atoms with Crippen molar-refractivity contribution < 1.29 is 64.1 Å². The monoisotopic (exact) mass is 870 g/mol. The summed E-state index contributed by atoms with van der Waals surface area (Å²) in [7, 11) is 2.42. The lowest BCUT2D eigenvalue weighted by atomic mass is 9.97. The van der Waals surface area contributed by atoms with Gasteiger partial charge in [0.1, 0.15) is 11.8 Å². The molecule has 0 radical (unpaired) electrons. The number of benzene rings is 2. The van der Waals surface area contributed by atoms with Gasteiger partial charge in [-0.15, -0.1) is 12.4 Å². The van der Waals surface area contributed by atoms with E-state index in [9.17, 15) is 49.9 Å². The predicted octanol–water partition coefficient (Wildman–Crippen LogP) is 8.84. The first-order valence-electron chi connectivity index (χ1n) is 17.9. The zero-order valence-corrected chi connectivity index (χ0v) is 33.8. The van der Waals surface area contributed by atoms with Gasteiger partial charge in [-0.1, -0.05) is 24.3 Å². The van der Waals surface area contributed by atoms with E-state index >= 15 is 0 Å². The molecule has 2 aromatic heterocycles. The number of pyridine rings is 2. The highest BCUT2D eigenvalue weighted by atomic mass is 35.5. The Balaban J connectivity index is 0.000000357. The van der Waals surface area contributed by atoms with E-state index in [-0.39, 0.29) is 55.9 Å². The van der Waals surface area contributed by atoms with Crippen LogP contribution >= 0.6 is 12.4 Å². The van der Waals surface area contributed by atoms with E-state index in [1.54, 1.807) is 26.8 Å². The van der Waals surface area contributed by atoms with Crippen LogP contribution in [0.4, 0.5) is 35.5 Å². The van der Waals surface area contributed by atoms with Crippen LogP contribution in [-0.2, 0) is 44.3 Å². The first-order valence-corrected chi connectivity index (χ1v) is 17.9. The molecule has 60 heavy (non-hydrogen) atoms. The molecule has 324 valence electrons. The van der Waals surface area contributed by atoms with Crippen LogP contribution in [0.3, 0.4) is 0 Å². The summed E-state index contributed by atoms with van der Waals surface area (Å²) < 4.78 is 105. The fraction of sp³-hybridized carbons (Fsp3) is 0.366. The summed E-state index contributed by atoms with van der Waals surface area (Å²) in [6, 6.07) is 11.0. The van der Waals surface area contributed by atoms with Crippen molar-refractivity contribution in [3.63, 3.8) is 0 Å². The zero-order chi connectivity index (χ0) is 43.9. The topological polar surface area (TPSA) is 151 Å². The normalized spacial score (nSPS) is 15.2. The third-order valence-electron chi connectivity index (χ3n) is 8.92. The minimum absolute atomic E-state index is 0. The molecule has 5 rings (SSSR count). The lowest BCUT2D eigenvalue weighted by molar-refractivity contribution is -0.138. The van der Waals surface area contributed by atoms with Gasteiger partial charge >= 0.3 is 30.4 Å². The van der Waals surface area contributed by atoms with Gasteiger partial charge in [-0.05, 0) is 74.7 Å². The SMILES string of the molecule is COC(=O)c1cnc(-c2ccc(C(F)(F)F)cc2)cc1CCC(=O)[C@@H]1C[C@@H](F)CN1C(=O)OC(C)(C)C.COC(=O)c1cnc(-c2ccc(C(F)(F)F)cc2)cc1CN.Cl. The molecule has 2 atom stereocenters. The number of aromatic nitrogens is 2. The van der Waals surface area contributed by atoms with Crippen LogP contribution in [0.1, 0.15) is 76.6 Å². The van der Waals surface area contributed by atoms with Crippen LogP contribution in [-0.4, -0.2) is 77.3 Å². The average Bonchev–Trinajstić information content (AvgIpc) is 3.60. The van der Waals surface area contributed by atoms with Gasteiger partial charge in [0, 0.05) is 42.9 Å². The molecule has 1 fully saturated rings. The van der Waals surface area contributed by atoms with Crippen molar-refractivity contribution in [2.24, 2.45) is 5.73 Å². The number of rotatable bonds is 9. The Morgan fingerprint density at radius 3 is 1.58 bits per heavy atom. The maximum absolute atomic E-state index is 14.2. The van der Waals surface area contributed by atoms with Crippen molar-refractivity contribution in [1.82, 2.24) is 14.9 Å². The van der Waals surface area contributed by atoms with Crippen molar-refractivity contribution in [2.45, 2.75) is 76.7 Å². The molecule has 2 aromatic carbocycles. The molecule has 4 aromatic rings. The van der Waals surface area contributed by atoms with Gasteiger partial charge in [-0.3, -0.25) is 19.7 Å². The van der Waals surface area contributed by atoms with Crippen molar-refractivity contribution in [1.29, 1.82) is 0 Å². The number of Topliss-reactive ketones (excluding diaryl/α,β-unsaturated/α-hetero) is 1. The summed E-state index contributed by atoms with van der Waals surface area (Å²) >= 11 is 0. The number of nitrogens with two attached hydrogens (primary N) is 1. The van der Waals surface area contributed by atoms with E-state index in [1.165, 1.54) is 56.9 Å². The number of amides is 1. The molecule has 19 heteroatoms. The molecule has 0 aliphatic carbocycles. The first kappa shape index (κ1) is 48.7. The molecule has 1 aliphatic rings. The summed E-state index contributed by atoms with van der Waals surface area (Å²) in [6.07, 6.45) is -8.74. The molecule has 1 amide bonds. The van der Waals surface area contributed by atoms with Gasteiger partial charge in [-0.2, -0.15) is 26.3 Å². The first-order chi connectivity index (χ1) is 27.6. The Labute approximate surface area is 346 Å². The maximum atomic E-state index is 14.2. The van der Waals surface area contributed by atoms with E-state index in [0.29, 0.717) is 33.6 Å². The summed E-state index contributed by atoms with van der Waals surface area (Å²) in [5.74, 6) is -1.67. The molecular formula is C41H42ClF7N4O7. The summed E-state index contributed by atoms with van der Waals surface area (Å²) in [4.78, 5) is 58.7. The van der Waals surface area contributed by atoms with Crippen LogP contribution in [0.25, 0.3) is 22.5 Å². The zero-order valence-electron chi connectivity index (χ0n) is 32.9. The fourth-order valence-electron chi connectivity index (χ4n) is 5.97. The number of alkyl halides is 7. The molecule has 2 N–H and O–H groups in total. The van der Waals surface area contributed by atoms with Crippen molar-refractivity contribution in [3.8, 4) is 22.5 Å². The molecule has 11 nitrogen and oxygen atoms in total. The number of ketones is 1. The van der Waals surface area contributed by atoms with Crippen LogP contribution < -0.4 is 5.73 Å². The van der Waals surface area contributed by atoms with Crippen molar-refractivity contribution in [2.75, 3.05) is 20.8 Å². The van der Waals surface area contributed by atoms with E-state index in [2.05, 4.69) is 14.7 Å². The minimum Gasteiger partial charge on any atom is -0.465 e. The number of esters is 2. The molecular weight excluding hydrogens is 829 g/mol. The summed E-state index contributed by atoms with van der Waals surface area (Å²) in [5, 5.41) is 0. The van der Waals surface area contributed by atoms with Crippen LogP contribution in [0.5, 0.6) is 0 Å². The number of carbonyl (C=O) groups is 4. The van der Waals surface area contributed by atoms with E-state index in [0.717, 1.165) is 29.2 Å². The minimum atomic E-state index is -4.49. The second-order valence-corrected chi connectivity index (χ2v) is 14.2. The van der Waals surface area contributed by atoms with Gasteiger partial charge in [0.2, 0.25) is 0 Å². The van der Waals surface area contributed by atoms with Gasteiger partial charge in [0.15, 0.2) is 5.78 Å². The molecule has 0 bridgehead atoms. The highest BCUT2D eigenvalue weighted by Crippen LogP contribution is 2.33. The Morgan fingerprint density at radius 2 is 1.18 bits per heavy atom. The maximum Gasteiger partial charge on any atom is 0.416 e. The number of ether oxygens (including phenoxy) is 3. The van der Waals surface area contributed by atoms with Gasteiger partial charge in [0.25, 0.3) is 0 Å². The number of methoxy groups -OCH3 is 2. The smallest absolute Gasteiger partial charge is 0.416 e. The molecule has 1 aliphatic heterocycles. The van der Waals surface area contributed by atoms with Crippen LogP contribution in [0.2, 0.25) is 0 Å². The van der Waals surface area contributed by atoms with Gasteiger partial charge in [0.05, 0.1) is 60.4 Å². The predicted molar refractivity (Wildman–Crippen MR) is 207 cm³/mol. The number of aryl methyl sites for hydroxylation is 1. The highest BCUT2D eigenvalue weighted by molar-refractivity contribution is 5.93. The fourth-order valence-corrected chi connectivity index (χ4v) is 5.97. The largest absolute Gasteiger partial charge is 0.465 e. The van der Waals surface area contributed by atoms with E-state index < -0.39 is 65.1 Å². The highest BCUT2D eigenvalue weighted by Gasteiger charge is 2.41. The number of nitrogens with zero attached hydrogens (tertiary/aromatic N) is 3.